The average Bonchev–Trinajstić information content (AvgIpc) is 2.41. The van der Waals surface area contributed by atoms with Crippen molar-refractivity contribution >= 4 is 17.6 Å². The van der Waals surface area contributed by atoms with E-state index in [4.69, 9.17) is 4.74 Å². The van der Waals surface area contributed by atoms with E-state index in [0.717, 1.165) is 11.6 Å². The van der Waals surface area contributed by atoms with Crippen molar-refractivity contribution < 1.29 is 4.74 Å². The molecule has 2 atom stereocenters. The van der Waals surface area contributed by atoms with Crippen LogP contribution in [0.3, 0.4) is 0 Å². The minimum Gasteiger partial charge on any atom is -0.487 e. The van der Waals surface area contributed by atoms with Crippen molar-refractivity contribution in [1.82, 2.24) is 4.98 Å². The number of thioether (sulfide) groups is 1. The second-order valence-electron chi connectivity index (χ2n) is 5.33. The Kier molecular flexibility index (Phi) is 5.37. The Morgan fingerprint density at radius 2 is 2.16 bits per heavy atom. The lowest BCUT2D eigenvalue weighted by molar-refractivity contribution is 0.242. The number of ether oxygens (including phenoxy) is 1. The summed E-state index contributed by atoms with van der Waals surface area (Å²) >= 11 is 1.96. The fourth-order valence-corrected chi connectivity index (χ4v) is 3.50. The molecule has 1 aromatic rings. The monoisotopic (exact) mass is 280 g/mol. The molecule has 0 spiro atoms. The van der Waals surface area contributed by atoms with E-state index in [0.29, 0.717) is 11.3 Å². The fraction of sp³-hybridized carbons (Fsp3) is 0.667. The lowest BCUT2D eigenvalue weighted by atomic mass is 9.95. The van der Waals surface area contributed by atoms with Gasteiger partial charge in [-0.2, -0.15) is 11.8 Å². The van der Waals surface area contributed by atoms with Gasteiger partial charge in [-0.25, -0.2) is 4.98 Å². The van der Waals surface area contributed by atoms with Gasteiger partial charge in [-0.05, 0) is 45.1 Å². The van der Waals surface area contributed by atoms with Gasteiger partial charge in [0.15, 0.2) is 11.6 Å². The maximum atomic E-state index is 5.82. The highest BCUT2D eigenvalue weighted by Crippen LogP contribution is 2.31. The van der Waals surface area contributed by atoms with Crippen LogP contribution < -0.4 is 10.1 Å². The van der Waals surface area contributed by atoms with Crippen LogP contribution in [-0.2, 0) is 0 Å². The van der Waals surface area contributed by atoms with Crippen LogP contribution in [0.4, 0.5) is 5.82 Å². The topological polar surface area (TPSA) is 34.2 Å². The molecule has 0 radical (unpaired) electrons. The molecular weight excluding hydrogens is 256 g/mol. The predicted molar refractivity (Wildman–Crippen MR) is 83.2 cm³/mol. The van der Waals surface area contributed by atoms with Crippen molar-refractivity contribution in [2.75, 3.05) is 11.6 Å². The van der Waals surface area contributed by atoms with E-state index in [1.807, 2.05) is 43.9 Å². The Bertz CT molecular complexity index is 397. The van der Waals surface area contributed by atoms with Crippen molar-refractivity contribution in [2.45, 2.75) is 56.9 Å². The highest BCUT2D eigenvalue weighted by atomic mass is 32.2. The lowest BCUT2D eigenvalue weighted by Crippen LogP contribution is -2.34. The third kappa shape index (κ3) is 4.03. The summed E-state index contributed by atoms with van der Waals surface area (Å²) in [6.07, 6.45) is 9.38. The maximum absolute atomic E-state index is 5.82. The van der Waals surface area contributed by atoms with Crippen LogP contribution >= 0.6 is 11.8 Å². The number of hydrogen-bond donors (Lipinski definition) is 1. The third-order valence-electron chi connectivity index (χ3n) is 3.46. The Morgan fingerprint density at radius 1 is 1.37 bits per heavy atom. The molecule has 2 unspecified atom stereocenters. The molecule has 4 heteroatoms. The minimum absolute atomic E-state index is 0.174. The first-order chi connectivity index (χ1) is 9.20. The second kappa shape index (κ2) is 7.04. The largest absolute Gasteiger partial charge is 0.487 e. The van der Waals surface area contributed by atoms with Crippen LogP contribution in [0.2, 0.25) is 0 Å². The molecule has 19 heavy (non-hydrogen) atoms. The van der Waals surface area contributed by atoms with Gasteiger partial charge in [-0.1, -0.05) is 12.8 Å². The Labute approximate surface area is 120 Å². The molecule has 1 heterocycles. The molecule has 1 aliphatic carbocycles. The zero-order chi connectivity index (χ0) is 13.7. The van der Waals surface area contributed by atoms with Crippen molar-refractivity contribution in [1.29, 1.82) is 0 Å². The third-order valence-corrected chi connectivity index (χ3v) is 4.63. The molecule has 0 saturated heterocycles. The molecule has 1 aliphatic rings. The Hall–Kier alpha value is -0.900. The first kappa shape index (κ1) is 14.5. The van der Waals surface area contributed by atoms with Gasteiger partial charge in [-0.15, -0.1) is 0 Å². The molecule has 1 saturated carbocycles. The number of nitrogens with zero attached hydrogens (tertiary/aromatic N) is 1. The van der Waals surface area contributed by atoms with E-state index in [1.165, 1.54) is 25.7 Å². The van der Waals surface area contributed by atoms with Crippen LogP contribution in [0.15, 0.2) is 18.3 Å². The molecule has 3 nitrogen and oxygen atoms in total. The number of anilines is 1. The summed E-state index contributed by atoms with van der Waals surface area (Å²) in [7, 11) is 0. The van der Waals surface area contributed by atoms with Gasteiger partial charge >= 0.3 is 0 Å². The summed E-state index contributed by atoms with van der Waals surface area (Å²) < 4.78 is 5.82. The first-order valence-electron chi connectivity index (χ1n) is 7.11. The van der Waals surface area contributed by atoms with Crippen LogP contribution in [0.1, 0.15) is 39.5 Å². The average molecular weight is 280 g/mol. The smallest absolute Gasteiger partial charge is 0.169 e. The quantitative estimate of drug-likeness (QED) is 0.885. The first-order valence-corrected chi connectivity index (χ1v) is 8.40. The highest BCUT2D eigenvalue weighted by Gasteiger charge is 2.25. The molecule has 1 fully saturated rings. The molecule has 1 N–H and O–H groups in total. The van der Waals surface area contributed by atoms with Crippen molar-refractivity contribution in [2.24, 2.45) is 0 Å². The number of aromatic nitrogens is 1. The fourth-order valence-electron chi connectivity index (χ4n) is 2.57. The predicted octanol–water partition coefficient (Wildman–Crippen LogP) is 3.95. The van der Waals surface area contributed by atoms with E-state index < -0.39 is 0 Å². The van der Waals surface area contributed by atoms with E-state index in [-0.39, 0.29) is 6.10 Å². The molecule has 0 aliphatic heterocycles. The number of pyridine rings is 1. The van der Waals surface area contributed by atoms with Gasteiger partial charge < -0.3 is 10.1 Å². The van der Waals surface area contributed by atoms with Gasteiger partial charge in [-0.3, -0.25) is 0 Å². The summed E-state index contributed by atoms with van der Waals surface area (Å²) in [6, 6.07) is 4.43. The Morgan fingerprint density at radius 3 is 2.89 bits per heavy atom. The van der Waals surface area contributed by atoms with Crippen LogP contribution in [0.25, 0.3) is 0 Å². The summed E-state index contributed by atoms with van der Waals surface area (Å²) in [5.74, 6) is 1.75. The summed E-state index contributed by atoms with van der Waals surface area (Å²) in [5.41, 5.74) is 0. The molecule has 0 amide bonds. The van der Waals surface area contributed by atoms with Gasteiger partial charge in [0.05, 0.1) is 6.10 Å². The van der Waals surface area contributed by atoms with E-state index in [2.05, 4.69) is 16.6 Å². The molecule has 0 bridgehead atoms. The zero-order valence-corrected chi connectivity index (χ0v) is 12.9. The number of nitrogens with one attached hydrogen (secondary N) is 1. The molecular formula is C15H24N2OS. The van der Waals surface area contributed by atoms with Crippen LogP contribution in [0, 0.1) is 0 Å². The second-order valence-corrected chi connectivity index (χ2v) is 6.40. The van der Waals surface area contributed by atoms with Crippen molar-refractivity contribution in [3.8, 4) is 5.75 Å². The number of hydrogen-bond acceptors (Lipinski definition) is 4. The molecule has 2 rings (SSSR count). The van der Waals surface area contributed by atoms with Gasteiger partial charge in [0, 0.05) is 17.5 Å². The molecule has 1 aromatic heterocycles. The van der Waals surface area contributed by atoms with Crippen LogP contribution in [-0.4, -0.2) is 28.6 Å². The van der Waals surface area contributed by atoms with Crippen LogP contribution in [0.5, 0.6) is 5.75 Å². The normalized spacial score (nSPS) is 23.4. The summed E-state index contributed by atoms with van der Waals surface area (Å²) in [4.78, 5) is 4.45. The molecule has 0 aromatic carbocycles. The number of rotatable bonds is 5. The maximum Gasteiger partial charge on any atom is 0.169 e. The SMILES string of the molecule is CSC1CCCCC1Nc1ncccc1OC(C)C. The standard InChI is InChI=1S/C15H24N2OS/c1-11(2)18-13-8-6-10-16-15(13)17-12-7-4-5-9-14(12)19-3/h6,8,10-12,14H,4-5,7,9H2,1-3H3,(H,16,17). The lowest BCUT2D eigenvalue weighted by Gasteiger charge is -2.31. The minimum atomic E-state index is 0.174. The summed E-state index contributed by atoms with van der Waals surface area (Å²) in [5, 5.41) is 4.28. The van der Waals surface area contributed by atoms with E-state index >= 15 is 0 Å². The Balaban J connectivity index is 2.08. The molecule has 106 valence electrons. The van der Waals surface area contributed by atoms with Gasteiger partial charge in [0.2, 0.25) is 0 Å². The van der Waals surface area contributed by atoms with Gasteiger partial charge in [0.25, 0.3) is 0 Å². The van der Waals surface area contributed by atoms with Gasteiger partial charge in [0.1, 0.15) is 0 Å². The highest BCUT2D eigenvalue weighted by molar-refractivity contribution is 7.99. The van der Waals surface area contributed by atoms with Crippen molar-refractivity contribution in [3.05, 3.63) is 18.3 Å². The zero-order valence-electron chi connectivity index (χ0n) is 12.1. The van der Waals surface area contributed by atoms with Crippen molar-refractivity contribution in [3.63, 3.8) is 0 Å². The van der Waals surface area contributed by atoms with E-state index in [9.17, 15) is 0 Å². The van der Waals surface area contributed by atoms with E-state index in [1.54, 1.807) is 0 Å². The summed E-state index contributed by atoms with van der Waals surface area (Å²) in [6.45, 7) is 4.09.